The van der Waals surface area contributed by atoms with Crippen molar-refractivity contribution < 1.29 is 51.9 Å². The molecule has 1 aromatic rings. The van der Waals surface area contributed by atoms with Crippen LogP contribution in [0.1, 0.15) is 31.2 Å². The molecule has 4 atom stereocenters. The zero-order chi connectivity index (χ0) is 20.2. The number of hydrogen-bond acceptors (Lipinski definition) is 3. The van der Waals surface area contributed by atoms with E-state index in [1.165, 1.54) is 0 Å². The van der Waals surface area contributed by atoms with Crippen LogP contribution < -0.4 is 24.0 Å². The number of benzene rings is 1. The van der Waals surface area contributed by atoms with Gasteiger partial charge >= 0.3 is 5.97 Å². The number of ether oxygens (including phenoxy) is 1. The molecular weight excluding hydrogens is 491 g/mol. The lowest BCUT2D eigenvalue weighted by Gasteiger charge is -2.39. The van der Waals surface area contributed by atoms with E-state index in [2.05, 4.69) is 14.1 Å². The van der Waals surface area contributed by atoms with Crippen molar-refractivity contribution in [3.8, 4) is 0 Å². The molecular formula is C22H30F2INO3. The van der Waals surface area contributed by atoms with Gasteiger partial charge in [-0.05, 0) is 18.4 Å². The first-order chi connectivity index (χ1) is 13.1. The number of alkyl halides is 2. The van der Waals surface area contributed by atoms with Crippen LogP contribution in [0, 0.1) is 23.7 Å². The molecule has 0 aromatic heterocycles. The van der Waals surface area contributed by atoms with Crippen LogP contribution in [0.5, 0.6) is 0 Å². The predicted octanol–water partition coefficient (Wildman–Crippen LogP) is 0.199. The molecule has 2 unspecified atom stereocenters. The number of carbonyl (C=O) groups excluding carboxylic acids is 1. The molecule has 1 saturated heterocycles. The number of piperidine rings is 1. The van der Waals surface area contributed by atoms with Crippen molar-refractivity contribution >= 4 is 5.97 Å². The summed E-state index contributed by atoms with van der Waals surface area (Å²) in [7, 11) is 4.40. The normalized spacial score (nSPS) is 33.7. The second-order valence-corrected chi connectivity index (χ2v) is 9.67. The van der Waals surface area contributed by atoms with E-state index in [-0.39, 0.29) is 37.0 Å². The molecule has 1 heterocycles. The average molecular weight is 521 g/mol. The van der Waals surface area contributed by atoms with Crippen LogP contribution in [-0.2, 0) is 15.1 Å². The molecule has 1 aliphatic heterocycles. The zero-order valence-electron chi connectivity index (χ0n) is 17.0. The lowest BCUT2D eigenvalue weighted by molar-refractivity contribution is -0.883. The third kappa shape index (κ3) is 4.46. The van der Waals surface area contributed by atoms with Gasteiger partial charge in [0.2, 0.25) is 5.92 Å². The Morgan fingerprint density at radius 3 is 2.45 bits per heavy atom. The van der Waals surface area contributed by atoms with Gasteiger partial charge < -0.3 is 38.3 Å². The summed E-state index contributed by atoms with van der Waals surface area (Å²) < 4.78 is 34.7. The van der Waals surface area contributed by atoms with Gasteiger partial charge in [0.1, 0.15) is 0 Å². The van der Waals surface area contributed by atoms with E-state index in [0.717, 1.165) is 17.6 Å². The molecule has 4 nitrogen and oxygen atoms in total. The SMILES string of the molecule is C[N+]1(C)CC2C(COC(=O)[C@](O)(c3ccccc3)[C@H]3CCCC(F)(F)C3)C2C1.[I-]. The summed E-state index contributed by atoms with van der Waals surface area (Å²) in [4.78, 5) is 13.0. The van der Waals surface area contributed by atoms with E-state index in [9.17, 15) is 18.7 Å². The van der Waals surface area contributed by atoms with Crippen molar-refractivity contribution in [2.24, 2.45) is 23.7 Å². The van der Waals surface area contributed by atoms with Crippen LogP contribution in [0.25, 0.3) is 0 Å². The monoisotopic (exact) mass is 521 g/mol. The number of quaternary nitrogens is 1. The number of halogens is 3. The van der Waals surface area contributed by atoms with Crippen molar-refractivity contribution in [3.63, 3.8) is 0 Å². The van der Waals surface area contributed by atoms with Crippen LogP contribution in [0.4, 0.5) is 8.78 Å². The number of hydrogen-bond donors (Lipinski definition) is 1. The molecule has 0 spiro atoms. The first-order valence-corrected chi connectivity index (χ1v) is 10.3. The highest BCUT2D eigenvalue weighted by Crippen LogP contribution is 2.53. The van der Waals surface area contributed by atoms with Gasteiger partial charge in [-0.25, -0.2) is 13.6 Å². The van der Waals surface area contributed by atoms with Gasteiger partial charge in [-0.3, -0.25) is 0 Å². The van der Waals surface area contributed by atoms with Gasteiger partial charge in [0.05, 0.1) is 33.8 Å². The minimum Gasteiger partial charge on any atom is -1.00 e. The van der Waals surface area contributed by atoms with Crippen LogP contribution in [0.2, 0.25) is 0 Å². The van der Waals surface area contributed by atoms with Crippen LogP contribution in [-0.4, -0.2) is 55.3 Å². The highest BCUT2D eigenvalue weighted by molar-refractivity contribution is 5.81. The zero-order valence-corrected chi connectivity index (χ0v) is 19.1. The third-order valence-corrected chi connectivity index (χ3v) is 7.08. The summed E-state index contributed by atoms with van der Waals surface area (Å²) in [6, 6.07) is 8.44. The first kappa shape index (κ1) is 22.9. The Morgan fingerprint density at radius 1 is 1.24 bits per heavy atom. The maximum Gasteiger partial charge on any atom is 0.343 e. The Labute approximate surface area is 188 Å². The summed E-state index contributed by atoms with van der Waals surface area (Å²) in [5.41, 5.74) is -1.68. The number of carbonyl (C=O) groups is 1. The standard InChI is InChI=1S/C22H30F2NO3.HI/c1-25(2)12-17-18(13-25)19(17)14-28-20(26)22(27,15-7-4-3-5-8-15)16-9-6-10-21(23,24)11-16;/h3-5,7-8,16-19,27H,6,9-14H2,1-2H3;1H/q+1;/p-1/t16-,17?,18?,19?,22-;/m0./s1. The van der Waals surface area contributed by atoms with Crippen LogP contribution in [0.15, 0.2) is 30.3 Å². The maximum absolute atomic E-state index is 14.1. The molecule has 3 aliphatic rings. The molecule has 0 bridgehead atoms. The van der Waals surface area contributed by atoms with Crippen molar-refractivity contribution in [1.82, 2.24) is 0 Å². The Morgan fingerprint density at radius 2 is 1.86 bits per heavy atom. The lowest BCUT2D eigenvalue weighted by Crippen LogP contribution is -3.00. The Kier molecular flexibility index (Phi) is 6.34. The summed E-state index contributed by atoms with van der Waals surface area (Å²) in [5.74, 6) is -3.02. The fraction of sp³-hybridized carbons (Fsp3) is 0.682. The van der Waals surface area contributed by atoms with Crippen molar-refractivity contribution in [2.45, 2.75) is 37.2 Å². The average Bonchev–Trinajstić information content (AvgIpc) is 3.13. The lowest BCUT2D eigenvalue weighted by atomic mass is 9.72. The summed E-state index contributed by atoms with van der Waals surface area (Å²) in [5, 5.41) is 11.4. The summed E-state index contributed by atoms with van der Waals surface area (Å²) in [6.45, 7) is 2.42. The summed E-state index contributed by atoms with van der Waals surface area (Å²) in [6.07, 6.45) is -0.00692. The van der Waals surface area contributed by atoms with Crippen molar-refractivity contribution in [2.75, 3.05) is 33.8 Å². The molecule has 2 saturated carbocycles. The number of fused-ring (bicyclic) bond motifs is 1. The molecule has 1 aromatic carbocycles. The van der Waals surface area contributed by atoms with Gasteiger partial charge in [0, 0.05) is 36.5 Å². The summed E-state index contributed by atoms with van der Waals surface area (Å²) >= 11 is 0. The van der Waals surface area contributed by atoms with E-state index in [1.807, 2.05) is 0 Å². The van der Waals surface area contributed by atoms with Gasteiger partial charge in [-0.15, -0.1) is 0 Å². The number of nitrogens with zero attached hydrogens (tertiary/aromatic N) is 1. The quantitative estimate of drug-likeness (QED) is 0.343. The number of rotatable bonds is 5. The minimum atomic E-state index is -2.86. The smallest absolute Gasteiger partial charge is 0.343 e. The fourth-order valence-electron chi connectivity index (χ4n) is 5.55. The molecule has 2 aliphatic carbocycles. The molecule has 7 heteroatoms. The van der Waals surface area contributed by atoms with Crippen molar-refractivity contribution in [3.05, 3.63) is 35.9 Å². The van der Waals surface area contributed by atoms with Gasteiger partial charge in [0.25, 0.3) is 0 Å². The van der Waals surface area contributed by atoms with Gasteiger partial charge in [-0.2, -0.15) is 0 Å². The first-order valence-electron chi connectivity index (χ1n) is 10.3. The molecule has 0 amide bonds. The Bertz CT molecular complexity index is 731. The highest BCUT2D eigenvalue weighted by Gasteiger charge is 2.61. The molecule has 4 rings (SSSR count). The van der Waals surface area contributed by atoms with Crippen LogP contribution >= 0.6 is 0 Å². The van der Waals surface area contributed by atoms with Crippen LogP contribution in [0.3, 0.4) is 0 Å². The van der Waals surface area contributed by atoms with E-state index < -0.39 is 29.8 Å². The second-order valence-electron chi connectivity index (χ2n) is 9.67. The third-order valence-electron chi connectivity index (χ3n) is 7.08. The van der Waals surface area contributed by atoms with Crippen molar-refractivity contribution in [1.29, 1.82) is 0 Å². The fourth-order valence-corrected chi connectivity index (χ4v) is 5.55. The van der Waals surface area contributed by atoms with Gasteiger partial charge in [-0.1, -0.05) is 30.3 Å². The second kappa shape index (κ2) is 8.04. The predicted molar refractivity (Wildman–Crippen MR) is 101 cm³/mol. The molecule has 3 fully saturated rings. The van der Waals surface area contributed by atoms with E-state index in [0.29, 0.717) is 36.2 Å². The van der Waals surface area contributed by atoms with E-state index >= 15 is 0 Å². The molecule has 0 radical (unpaired) electrons. The minimum absolute atomic E-state index is 0. The van der Waals surface area contributed by atoms with Gasteiger partial charge in [0.15, 0.2) is 5.60 Å². The maximum atomic E-state index is 14.1. The molecule has 29 heavy (non-hydrogen) atoms. The Balaban J connectivity index is 0.00000240. The number of likely N-dealkylation sites (tertiary alicyclic amines) is 1. The Hall–Kier alpha value is -0.800. The molecule has 1 N–H and O–H groups in total. The highest BCUT2D eigenvalue weighted by atomic mass is 127. The largest absolute Gasteiger partial charge is 1.00 e. The number of esters is 1. The topological polar surface area (TPSA) is 46.5 Å². The van der Waals surface area contributed by atoms with E-state index in [1.54, 1.807) is 30.3 Å². The number of aliphatic hydroxyl groups is 1. The van der Waals surface area contributed by atoms with E-state index in [4.69, 9.17) is 4.74 Å². The molecule has 162 valence electrons.